The number of anilines is 1. The number of benzene rings is 4. The average molecular weight is 595 g/mol. The first kappa shape index (κ1) is 31.9. The van der Waals surface area contributed by atoms with Gasteiger partial charge in [-0.15, -0.1) is 0 Å². The van der Waals surface area contributed by atoms with Gasteiger partial charge in [-0.25, -0.2) is 4.79 Å². The Kier molecular flexibility index (Phi) is 10.5. The molecule has 0 aliphatic rings. The Hall–Kier alpha value is -4.98. The number of rotatable bonds is 12. The molecule has 0 aliphatic carbocycles. The highest BCUT2D eigenvalue weighted by Gasteiger charge is 2.29. The summed E-state index contributed by atoms with van der Waals surface area (Å²) in [6, 6.07) is 28.4. The largest absolute Gasteiger partial charge is 0.488 e. The number of esters is 1. The molecule has 4 aromatic carbocycles. The van der Waals surface area contributed by atoms with Gasteiger partial charge >= 0.3 is 5.97 Å². The van der Waals surface area contributed by atoms with Gasteiger partial charge < -0.3 is 14.4 Å². The molecule has 0 aliphatic heterocycles. The van der Waals surface area contributed by atoms with Crippen molar-refractivity contribution in [1.82, 2.24) is 0 Å². The molecule has 0 bridgehead atoms. The maximum Gasteiger partial charge on any atom is 0.340 e. The summed E-state index contributed by atoms with van der Waals surface area (Å²) < 4.78 is 11.8. The van der Waals surface area contributed by atoms with Crippen molar-refractivity contribution in [3.05, 3.63) is 124 Å². The van der Waals surface area contributed by atoms with Crippen LogP contribution in [0.5, 0.6) is 5.75 Å². The second-order valence-electron chi connectivity index (χ2n) is 11.5. The summed E-state index contributed by atoms with van der Waals surface area (Å²) in [7, 11) is 0. The maximum atomic E-state index is 14.5. The van der Waals surface area contributed by atoms with E-state index in [1.54, 1.807) is 32.9 Å². The summed E-state index contributed by atoms with van der Waals surface area (Å²) in [5.41, 5.74) is 2.22. The molecule has 0 spiro atoms. The van der Waals surface area contributed by atoms with Crippen LogP contribution in [0.15, 0.2) is 97.1 Å². The second-order valence-corrected chi connectivity index (χ2v) is 11.5. The fraction of sp³-hybridized carbons (Fsp3) is 0.278. The third-order valence-electron chi connectivity index (χ3n) is 6.89. The lowest BCUT2D eigenvalue weighted by Crippen LogP contribution is -2.34. The van der Waals surface area contributed by atoms with E-state index >= 15 is 0 Å². The van der Waals surface area contributed by atoms with E-state index in [9.17, 15) is 19.7 Å². The van der Waals surface area contributed by atoms with Crippen molar-refractivity contribution >= 4 is 23.3 Å². The van der Waals surface area contributed by atoms with E-state index in [1.807, 2.05) is 66.7 Å². The van der Waals surface area contributed by atoms with Crippen molar-refractivity contribution < 1.29 is 24.0 Å². The Balaban J connectivity index is 1.85. The Morgan fingerprint density at radius 2 is 1.50 bits per heavy atom. The van der Waals surface area contributed by atoms with Crippen LogP contribution in [0.3, 0.4) is 0 Å². The smallest absolute Gasteiger partial charge is 0.340 e. The number of hydrogen-bond acceptors (Lipinski definition) is 6. The maximum absolute atomic E-state index is 14.5. The number of unbranched alkanes of at least 4 members (excludes halogenated alkanes) is 2. The van der Waals surface area contributed by atoms with Crippen LogP contribution in [0, 0.1) is 10.1 Å². The normalized spacial score (nSPS) is 11.1. The van der Waals surface area contributed by atoms with Crippen LogP contribution in [0.2, 0.25) is 0 Å². The zero-order valence-electron chi connectivity index (χ0n) is 25.6. The third kappa shape index (κ3) is 8.31. The van der Waals surface area contributed by atoms with Crippen LogP contribution in [-0.2, 0) is 11.3 Å². The molecule has 1 amide bonds. The minimum atomic E-state index is -0.762. The molecule has 0 heterocycles. The first-order valence-electron chi connectivity index (χ1n) is 14.8. The number of hydrogen-bond donors (Lipinski definition) is 0. The quantitative estimate of drug-likeness (QED) is 0.0705. The molecule has 44 heavy (non-hydrogen) atoms. The number of nitro benzene ring substituents is 1. The summed E-state index contributed by atoms with van der Waals surface area (Å²) in [6.07, 6.45) is 2.41. The zero-order valence-corrected chi connectivity index (χ0v) is 25.6. The number of nitro groups is 1. The average Bonchev–Trinajstić information content (AvgIpc) is 3.01. The Bertz CT molecular complexity index is 1600. The molecular formula is C36H38N2O6. The molecule has 0 saturated heterocycles. The highest BCUT2D eigenvalue weighted by atomic mass is 16.6. The monoisotopic (exact) mass is 594 g/mol. The van der Waals surface area contributed by atoms with E-state index in [1.165, 1.54) is 23.1 Å². The summed E-state index contributed by atoms with van der Waals surface area (Å²) in [6.45, 7) is 7.86. The van der Waals surface area contributed by atoms with Crippen LogP contribution in [0.4, 0.5) is 11.4 Å². The lowest BCUT2D eigenvalue weighted by atomic mass is 10.0. The van der Waals surface area contributed by atoms with Crippen molar-refractivity contribution in [3.8, 4) is 16.9 Å². The number of nitrogens with zero attached hydrogens (tertiary/aromatic N) is 2. The Morgan fingerprint density at radius 1 is 0.818 bits per heavy atom. The van der Waals surface area contributed by atoms with Crippen molar-refractivity contribution in [2.45, 2.75) is 59.2 Å². The first-order chi connectivity index (χ1) is 21.1. The lowest BCUT2D eigenvalue weighted by molar-refractivity contribution is -0.384. The summed E-state index contributed by atoms with van der Waals surface area (Å²) in [5.74, 6) is -0.870. The molecule has 0 fully saturated rings. The van der Waals surface area contributed by atoms with Crippen molar-refractivity contribution in [2.75, 3.05) is 11.4 Å². The van der Waals surface area contributed by atoms with Crippen LogP contribution >= 0.6 is 0 Å². The molecule has 0 N–H and O–H groups in total. The van der Waals surface area contributed by atoms with E-state index in [0.29, 0.717) is 12.1 Å². The van der Waals surface area contributed by atoms with Crippen LogP contribution < -0.4 is 9.64 Å². The van der Waals surface area contributed by atoms with Gasteiger partial charge in [0.1, 0.15) is 18.0 Å². The molecule has 4 aromatic rings. The van der Waals surface area contributed by atoms with Crippen LogP contribution in [0.1, 0.15) is 73.2 Å². The van der Waals surface area contributed by atoms with Crippen LogP contribution in [0.25, 0.3) is 11.1 Å². The van der Waals surface area contributed by atoms with Gasteiger partial charge in [-0.1, -0.05) is 86.5 Å². The topological polar surface area (TPSA) is 99.0 Å². The molecule has 0 aromatic heterocycles. The molecule has 4 rings (SSSR count). The molecule has 228 valence electrons. The third-order valence-corrected chi connectivity index (χ3v) is 6.89. The van der Waals surface area contributed by atoms with Crippen molar-refractivity contribution in [3.63, 3.8) is 0 Å². The minimum Gasteiger partial charge on any atom is -0.488 e. The minimum absolute atomic E-state index is 0.0342. The van der Waals surface area contributed by atoms with E-state index in [0.717, 1.165) is 29.5 Å². The molecule has 0 saturated carbocycles. The van der Waals surface area contributed by atoms with Gasteiger partial charge in [0.25, 0.3) is 11.6 Å². The van der Waals surface area contributed by atoms with Gasteiger partial charge in [0.15, 0.2) is 0 Å². The highest BCUT2D eigenvalue weighted by molar-refractivity contribution is 6.11. The SMILES string of the molecule is CCCCCN(C(=O)c1cc([N+](=O)[O-])ccc1OCc1ccccc1)c1cc(-c2ccccc2)ccc1C(=O)OC(C)(C)C. The summed E-state index contributed by atoms with van der Waals surface area (Å²) >= 11 is 0. The van der Waals surface area contributed by atoms with Gasteiger partial charge in [0.05, 0.1) is 21.7 Å². The highest BCUT2D eigenvalue weighted by Crippen LogP contribution is 2.34. The Labute approximate surface area is 258 Å². The predicted molar refractivity (Wildman–Crippen MR) is 172 cm³/mol. The lowest BCUT2D eigenvalue weighted by Gasteiger charge is -2.28. The van der Waals surface area contributed by atoms with Crippen LogP contribution in [-0.4, -0.2) is 28.9 Å². The summed E-state index contributed by atoms with van der Waals surface area (Å²) in [4.78, 5) is 40.8. The molecular weight excluding hydrogens is 556 g/mol. The summed E-state index contributed by atoms with van der Waals surface area (Å²) in [5, 5.41) is 11.8. The molecule has 0 atom stereocenters. The molecule has 8 nitrogen and oxygen atoms in total. The standard InChI is InChI=1S/C36H38N2O6/c1-5-6-13-22-37(32-23-28(27-16-11-8-12-17-27)18-20-30(32)35(40)44-36(2,3)4)34(39)31-24-29(38(41)42)19-21-33(31)43-25-26-14-9-7-10-15-26/h7-12,14-21,23-24H,5-6,13,22,25H2,1-4H3. The van der Waals surface area contributed by atoms with Gasteiger partial charge in [0.2, 0.25) is 0 Å². The van der Waals surface area contributed by atoms with Gasteiger partial charge in [0, 0.05) is 18.7 Å². The molecule has 0 radical (unpaired) electrons. The van der Waals surface area contributed by atoms with Gasteiger partial charge in [-0.05, 0) is 62.1 Å². The number of amides is 1. The van der Waals surface area contributed by atoms with E-state index in [-0.39, 0.29) is 35.7 Å². The zero-order chi connectivity index (χ0) is 31.7. The number of non-ortho nitro benzene ring substituents is 1. The fourth-order valence-corrected chi connectivity index (χ4v) is 4.73. The van der Waals surface area contributed by atoms with E-state index < -0.39 is 22.4 Å². The number of carbonyl (C=O) groups is 2. The fourth-order valence-electron chi connectivity index (χ4n) is 4.73. The molecule has 8 heteroatoms. The first-order valence-corrected chi connectivity index (χ1v) is 14.8. The van der Waals surface area contributed by atoms with E-state index in [2.05, 4.69) is 6.92 Å². The van der Waals surface area contributed by atoms with Gasteiger partial charge in [-0.3, -0.25) is 14.9 Å². The van der Waals surface area contributed by atoms with E-state index in [4.69, 9.17) is 9.47 Å². The van der Waals surface area contributed by atoms with Crippen molar-refractivity contribution in [1.29, 1.82) is 0 Å². The molecule has 0 unspecified atom stereocenters. The second kappa shape index (κ2) is 14.5. The van der Waals surface area contributed by atoms with Crippen molar-refractivity contribution in [2.24, 2.45) is 0 Å². The van der Waals surface area contributed by atoms with Gasteiger partial charge in [-0.2, -0.15) is 0 Å². The predicted octanol–water partition coefficient (Wildman–Crippen LogP) is 8.63. The Morgan fingerprint density at radius 3 is 2.14 bits per heavy atom. The number of carbonyl (C=O) groups excluding carboxylic acids is 2. The number of ether oxygens (including phenoxy) is 2.